The molecule has 0 saturated heterocycles. The Bertz CT molecular complexity index is 398. The minimum atomic E-state index is 0.0803. The maximum atomic E-state index is 4.81. The van der Waals surface area contributed by atoms with E-state index in [0.717, 1.165) is 11.5 Å². The van der Waals surface area contributed by atoms with Crippen LogP contribution < -0.4 is 0 Å². The summed E-state index contributed by atoms with van der Waals surface area (Å²) in [5.74, 6) is 1.83. The summed E-state index contributed by atoms with van der Waals surface area (Å²) in [5.41, 5.74) is 3.76. The van der Waals surface area contributed by atoms with Gasteiger partial charge in [-0.1, -0.05) is 48.5 Å². The molecule has 0 spiro atoms. The third-order valence-electron chi connectivity index (χ3n) is 2.96. The van der Waals surface area contributed by atoms with Gasteiger partial charge in [-0.05, 0) is 18.4 Å². The van der Waals surface area contributed by atoms with Crippen molar-refractivity contribution in [3.05, 3.63) is 22.8 Å². The van der Waals surface area contributed by atoms with Crippen LogP contribution in [0.15, 0.2) is 0 Å². The second-order valence-electron chi connectivity index (χ2n) is 6.49. The molecule has 0 N–H and O–H groups in total. The predicted molar refractivity (Wildman–Crippen MR) is 73.6 cm³/mol. The van der Waals surface area contributed by atoms with Crippen LogP contribution in [-0.2, 0) is 5.41 Å². The molecule has 0 aromatic carbocycles. The van der Waals surface area contributed by atoms with Crippen LogP contribution in [0.5, 0.6) is 0 Å². The minimum absolute atomic E-state index is 0.0803. The van der Waals surface area contributed by atoms with Crippen molar-refractivity contribution in [3.63, 3.8) is 0 Å². The number of rotatable bonds is 2. The van der Waals surface area contributed by atoms with Gasteiger partial charge >= 0.3 is 0 Å². The van der Waals surface area contributed by atoms with Crippen molar-refractivity contribution in [1.82, 2.24) is 9.97 Å². The Morgan fingerprint density at radius 2 is 1.41 bits per heavy atom. The first kappa shape index (κ1) is 14.1. The van der Waals surface area contributed by atoms with Crippen LogP contribution in [0.25, 0.3) is 0 Å². The van der Waals surface area contributed by atoms with Crippen molar-refractivity contribution in [1.29, 1.82) is 0 Å². The van der Waals surface area contributed by atoms with Gasteiger partial charge < -0.3 is 0 Å². The largest absolute Gasteiger partial charge is 0.238 e. The first-order valence-electron chi connectivity index (χ1n) is 6.53. The molecule has 0 radical (unpaired) electrons. The maximum absolute atomic E-state index is 4.81. The Labute approximate surface area is 106 Å². The lowest BCUT2D eigenvalue weighted by Crippen LogP contribution is -2.21. The van der Waals surface area contributed by atoms with Crippen molar-refractivity contribution in [2.75, 3.05) is 0 Å². The Balaban J connectivity index is 3.51. The number of aromatic nitrogens is 2. The summed E-state index contributed by atoms with van der Waals surface area (Å²) in [6.07, 6.45) is 0. The molecule has 17 heavy (non-hydrogen) atoms. The third-order valence-corrected chi connectivity index (χ3v) is 2.96. The van der Waals surface area contributed by atoms with Gasteiger partial charge in [0, 0.05) is 17.0 Å². The van der Waals surface area contributed by atoms with E-state index >= 15 is 0 Å². The smallest absolute Gasteiger partial charge is 0.131 e. The van der Waals surface area contributed by atoms with E-state index in [1.54, 1.807) is 0 Å². The maximum Gasteiger partial charge on any atom is 0.131 e. The van der Waals surface area contributed by atoms with Crippen molar-refractivity contribution in [3.8, 4) is 0 Å². The molecular weight excluding hydrogens is 208 g/mol. The zero-order valence-corrected chi connectivity index (χ0v) is 12.5. The van der Waals surface area contributed by atoms with E-state index in [1.807, 2.05) is 0 Å². The molecule has 2 nitrogen and oxygen atoms in total. The van der Waals surface area contributed by atoms with Crippen LogP contribution in [0, 0.1) is 6.92 Å². The van der Waals surface area contributed by atoms with E-state index in [2.05, 4.69) is 60.4 Å². The van der Waals surface area contributed by atoms with E-state index in [-0.39, 0.29) is 5.41 Å². The summed E-state index contributed by atoms with van der Waals surface area (Å²) in [6, 6.07) is 0. The van der Waals surface area contributed by atoms with Crippen molar-refractivity contribution < 1.29 is 0 Å². The van der Waals surface area contributed by atoms with Crippen LogP contribution in [-0.4, -0.2) is 9.97 Å². The number of hydrogen-bond donors (Lipinski definition) is 0. The predicted octanol–water partition coefficient (Wildman–Crippen LogP) is 4.33. The lowest BCUT2D eigenvalue weighted by molar-refractivity contribution is 0.540. The Kier molecular flexibility index (Phi) is 3.95. The highest BCUT2D eigenvalue weighted by Crippen LogP contribution is 2.31. The summed E-state index contributed by atoms with van der Waals surface area (Å²) in [5, 5.41) is 0. The van der Waals surface area contributed by atoms with Crippen LogP contribution in [0.1, 0.15) is 83.1 Å². The van der Waals surface area contributed by atoms with Crippen LogP contribution >= 0.6 is 0 Å². The summed E-state index contributed by atoms with van der Waals surface area (Å²) >= 11 is 0. The molecule has 1 aromatic heterocycles. The Morgan fingerprint density at radius 1 is 0.882 bits per heavy atom. The van der Waals surface area contributed by atoms with Gasteiger partial charge in [0.25, 0.3) is 0 Å². The van der Waals surface area contributed by atoms with Crippen LogP contribution in [0.3, 0.4) is 0 Å². The van der Waals surface area contributed by atoms with Gasteiger partial charge in [0.1, 0.15) is 5.82 Å². The molecule has 1 aromatic rings. The van der Waals surface area contributed by atoms with E-state index in [1.165, 1.54) is 11.3 Å². The molecule has 0 aliphatic heterocycles. The van der Waals surface area contributed by atoms with E-state index < -0.39 is 0 Å². The van der Waals surface area contributed by atoms with E-state index in [4.69, 9.17) is 4.98 Å². The van der Waals surface area contributed by atoms with Gasteiger partial charge in [0.2, 0.25) is 0 Å². The fraction of sp³-hybridized carbons (Fsp3) is 0.733. The molecule has 0 bridgehead atoms. The average molecular weight is 234 g/mol. The SMILES string of the molecule is Cc1nc(C(C)C)nc(C(C)(C)C)c1C(C)C. The quantitative estimate of drug-likeness (QED) is 0.761. The summed E-state index contributed by atoms with van der Waals surface area (Å²) < 4.78 is 0. The first-order valence-corrected chi connectivity index (χ1v) is 6.53. The summed E-state index contributed by atoms with van der Waals surface area (Å²) in [6.45, 7) is 17.5. The molecule has 0 fully saturated rings. The summed E-state index contributed by atoms with van der Waals surface area (Å²) in [4.78, 5) is 9.47. The van der Waals surface area contributed by atoms with Crippen molar-refractivity contribution in [2.24, 2.45) is 0 Å². The minimum Gasteiger partial charge on any atom is -0.238 e. The third kappa shape index (κ3) is 3.05. The van der Waals surface area contributed by atoms with Gasteiger partial charge in [-0.15, -0.1) is 0 Å². The van der Waals surface area contributed by atoms with Gasteiger partial charge in [-0.2, -0.15) is 0 Å². The standard InChI is InChI=1S/C15H26N2/c1-9(2)12-11(5)16-14(10(3)4)17-13(12)15(6,7)8/h9-10H,1-8H3. The number of hydrogen-bond acceptors (Lipinski definition) is 2. The monoisotopic (exact) mass is 234 g/mol. The average Bonchev–Trinajstić information content (AvgIpc) is 2.14. The lowest BCUT2D eigenvalue weighted by atomic mass is 9.84. The van der Waals surface area contributed by atoms with Crippen LogP contribution in [0.2, 0.25) is 0 Å². The fourth-order valence-corrected chi connectivity index (χ4v) is 2.12. The van der Waals surface area contributed by atoms with E-state index in [0.29, 0.717) is 11.8 Å². The highest BCUT2D eigenvalue weighted by Gasteiger charge is 2.24. The molecule has 96 valence electrons. The first-order chi connectivity index (χ1) is 7.64. The van der Waals surface area contributed by atoms with Gasteiger partial charge in [-0.3, -0.25) is 0 Å². The number of nitrogens with zero attached hydrogens (tertiary/aromatic N) is 2. The zero-order valence-electron chi connectivity index (χ0n) is 12.5. The highest BCUT2D eigenvalue weighted by atomic mass is 14.9. The highest BCUT2D eigenvalue weighted by molar-refractivity contribution is 5.33. The molecule has 2 heteroatoms. The molecule has 0 unspecified atom stereocenters. The molecule has 1 rings (SSSR count). The topological polar surface area (TPSA) is 25.8 Å². The lowest BCUT2D eigenvalue weighted by Gasteiger charge is -2.26. The molecule has 1 heterocycles. The molecule has 0 atom stereocenters. The van der Waals surface area contributed by atoms with Gasteiger partial charge in [0.05, 0.1) is 5.69 Å². The van der Waals surface area contributed by atoms with Gasteiger partial charge in [0.15, 0.2) is 0 Å². The van der Waals surface area contributed by atoms with Gasteiger partial charge in [-0.25, -0.2) is 9.97 Å². The molecule has 0 aliphatic rings. The molecule has 0 saturated carbocycles. The summed E-state index contributed by atoms with van der Waals surface area (Å²) in [7, 11) is 0. The normalized spacial score (nSPS) is 12.6. The molecular formula is C15H26N2. The zero-order chi connectivity index (χ0) is 13.4. The Hall–Kier alpha value is -0.920. The number of aryl methyl sites for hydroxylation is 1. The van der Waals surface area contributed by atoms with E-state index in [9.17, 15) is 0 Å². The van der Waals surface area contributed by atoms with Crippen molar-refractivity contribution in [2.45, 2.75) is 72.6 Å². The van der Waals surface area contributed by atoms with Crippen molar-refractivity contribution >= 4 is 0 Å². The fourth-order valence-electron chi connectivity index (χ4n) is 2.12. The molecule has 0 amide bonds. The molecule has 0 aliphatic carbocycles. The second-order valence-corrected chi connectivity index (χ2v) is 6.49. The van der Waals surface area contributed by atoms with Crippen LogP contribution in [0.4, 0.5) is 0 Å². The Morgan fingerprint density at radius 3 is 1.76 bits per heavy atom. The second kappa shape index (κ2) is 4.75.